The zero-order valence-electron chi connectivity index (χ0n) is 14.8. The normalized spacial score (nSPS) is 16.2. The molecule has 130 valence electrons. The second kappa shape index (κ2) is 7.97. The molecule has 4 nitrogen and oxygen atoms in total. The van der Waals surface area contributed by atoms with Crippen LogP contribution in [0.2, 0.25) is 0 Å². The van der Waals surface area contributed by atoms with Crippen LogP contribution < -0.4 is 0 Å². The van der Waals surface area contributed by atoms with E-state index in [-0.39, 0.29) is 12.0 Å². The summed E-state index contributed by atoms with van der Waals surface area (Å²) in [4.78, 5) is 19.8. The monoisotopic (exact) mass is 336 g/mol. The molecule has 1 aliphatic rings. The van der Waals surface area contributed by atoms with Gasteiger partial charge in [-0.1, -0.05) is 72.2 Å². The molecule has 2 aromatic rings. The van der Waals surface area contributed by atoms with Crippen molar-refractivity contribution in [1.82, 2.24) is 4.90 Å². The van der Waals surface area contributed by atoms with E-state index in [1.54, 1.807) is 0 Å². The molecule has 0 aromatic heterocycles. The van der Waals surface area contributed by atoms with Crippen LogP contribution >= 0.6 is 0 Å². The van der Waals surface area contributed by atoms with Gasteiger partial charge in [-0.2, -0.15) is 0 Å². The van der Waals surface area contributed by atoms with Gasteiger partial charge in [-0.05, 0) is 18.1 Å². The average Bonchev–Trinajstić information content (AvgIpc) is 3.10. The van der Waals surface area contributed by atoms with Crippen molar-refractivity contribution in [2.75, 3.05) is 6.54 Å². The van der Waals surface area contributed by atoms with E-state index in [0.717, 1.165) is 23.3 Å². The van der Waals surface area contributed by atoms with Crippen molar-refractivity contribution in [2.45, 2.75) is 39.3 Å². The van der Waals surface area contributed by atoms with Gasteiger partial charge in [0.15, 0.2) is 6.10 Å². The first-order valence-electron chi connectivity index (χ1n) is 8.77. The molecule has 0 fully saturated rings. The van der Waals surface area contributed by atoms with E-state index in [4.69, 9.17) is 4.84 Å². The Bertz CT molecular complexity index is 738. The number of hydrogen-bond donors (Lipinski definition) is 0. The lowest BCUT2D eigenvalue weighted by Crippen LogP contribution is -2.36. The standard InChI is InChI=1S/C21H24N2O2/c1-3-21(24)23(14-17-7-5-4-6-8-17)15-19-13-20(22-25-19)18-11-9-16(2)10-12-18/h4-12,19H,3,13-15H2,1-2H3. The van der Waals surface area contributed by atoms with Crippen LogP contribution in [-0.4, -0.2) is 29.2 Å². The molecule has 1 aliphatic heterocycles. The largest absolute Gasteiger partial charge is 0.390 e. The van der Waals surface area contributed by atoms with Crippen LogP contribution in [0.25, 0.3) is 0 Å². The Balaban J connectivity index is 1.63. The molecule has 0 spiro atoms. The second-order valence-corrected chi connectivity index (χ2v) is 6.45. The Morgan fingerprint density at radius 2 is 1.88 bits per heavy atom. The third-order valence-electron chi connectivity index (χ3n) is 4.41. The SMILES string of the molecule is CCC(=O)N(Cc1ccccc1)CC1CC(c2ccc(C)cc2)=NO1. The van der Waals surface area contributed by atoms with Crippen LogP contribution in [0.3, 0.4) is 0 Å². The predicted molar refractivity (Wildman–Crippen MR) is 99.4 cm³/mol. The molecule has 0 N–H and O–H groups in total. The average molecular weight is 336 g/mol. The molecular weight excluding hydrogens is 312 g/mol. The topological polar surface area (TPSA) is 41.9 Å². The maximum Gasteiger partial charge on any atom is 0.222 e. The summed E-state index contributed by atoms with van der Waals surface area (Å²) in [5, 5.41) is 4.24. The number of carbonyl (C=O) groups excluding carboxylic acids is 1. The molecule has 2 aromatic carbocycles. The second-order valence-electron chi connectivity index (χ2n) is 6.45. The molecule has 0 bridgehead atoms. The highest BCUT2D eigenvalue weighted by Gasteiger charge is 2.26. The number of carbonyl (C=O) groups is 1. The van der Waals surface area contributed by atoms with Crippen LogP contribution in [0.5, 0.6) is 0 Å². The molecule has 1 heterocycles. The Labute approximate surface area is 149 Å². The highest BCUT2D eigenvalue weighted by atomic mass is 16.6. The zero-order chi connectivity index (χ0) is 17.6. The maximum atomic E-state index is 12.3. The van der Waals surface area contributed by atoms with Crippen molar-refractivity contribution >= 4 is 11.6 Å². The van der Waals surface area contributed by atoms with E-state index in [1.165, 1.54) is 5.56 Å². The third-order valence-corrected chi connectivity index (χ3v) is 4.41. The molecule has 1 unspecified atom stereocenters. The van der Waals surface area contributed by atoms with E-state index in [0.29, 0.717) is 19.5 Å². The van der Waals surface area contributed by atoms with Gasteiger partial charge in [-0.25, -0.2) is 0 Å². The number of hydrogen-bond acceptors (Lipinski definition) is 3. The first-order chi connectivity index (χ1) is 12.2. The van der Waals surface area contributed by atoms with Gasteiger partial charge in [0.1, 0.15) is 0 Å². The smallest absolute Gasteiger partial charge is 0.222 e. The van der Waals surface area contributed by atoms with Gasteiger partial charge in [-0.3, -0.25) is 4.79 Å². The summed E-state index contributed by atoms with van der Waals surface area (Å²) >= 11 is 0. The molecule has 25 heavy (non-hydrogen) atoms. The molecule has 4 heteroatoms. The van der Waals surface area contributed by atoms with Gasteiger partial charge >= 0.3 is 0 Å². The van der Waals surface area contributed by atoms with Gasteiger partial charge in [0, 0.05) is 19.4 Å². The number of benzene rings is 2. The van der Waals surface area contributed by atoms with Crippen molar-refractivity contribution in [1.29, 1.82) is 0 Å². The molecule has 0 aliphatic carbocycles. The Kier molecular flexibility index (Phi) is 5.49. The number of nitrogens with zero attached hydrogens (tertiary/aromatic N) is 2. The summed E-state index contributed by atoms with van der Waals surface area (Å²) in [7, 11) is 0. The minimum absolute atomic E-state index is 0.0875. The predicted octanol–water partition coefficient (Wildman–Crippen LogP) is 3.93. The molecule has 0 saturated heterocycles. The van der Waals surface area contributed by atoms with Crippen molar-refractivity contribution < 1.29 is 9.63 Å². The summed E-state index contributed by atoms with van der Waals surface area (Å²) in [6, 6.07) is 18.3. The van der Waals surface area contributed by atoms with Gasteiger partial charge < -0.3 is 9.74 Å². The lowest BCUT2D eigenvalue weighted by molar-refractivity contribution is -0.133. The minimum Gasteiger partial charge on any atom is -0.390 e. The number of aryl methyl sites for hydroxylation is 1. The molecule has 0 saturated carbocycles. The van der Waals surface area contributed by atoms with Crippen LogP contribution in [0.4, 0.5) is 0 Å². The van der Waals surface area contributed by atoms with E-state index in [1.807, 2.05) is 42.2 Å². The number of oxime groups is 1. The molecule has 3 rings (SSSR count). The van der Waals surface area contributed by atoms with Crippen molar-refractivity contribution in [3.8, 4) is 0 Å². The summed E-state index contributed by atoms with van der Waals surface area (Å²) in [5.41, 5.74) is 4.39. The zero-order valence-corrected chi connectivity index (χ0v) is 14.8. The third kappa shape index (κ3) is 4.47. The van der Waals surface area contributed by atoms with E-state index in [2.05, 4.69) is 36.3 Å². The van der Waals surface area contributed by atoms with Crippen LogP contribution in [0, 0.1) is 6.92 Å². The summed E-state index contributed by atoms with van der Waals surface area (Å²) in [6.07, 6.45) is 1.13. The summed E-state index contributed by atoms with van der Waals surface area (Å²) < 4.78 is 0. The van der Waals surface area contributed by atoms with E-state index in [9.17, 15) is 4.79 Å². The Hall–Kier alpha value is -2.62. The highest BCUT2D eigenvalue weighted by molar-refractivity contribution is 6.01. The fourth-order valence-electron chi connectivity index (χ4n) is 2.97. The lowest BCUT2D eigenvalue weighted by atomic mass is 10.0. The van der Waals surface area contributed by atoms with Gasteiger partial charge in [0.2, 0.25) is 5.91 Å². The number of amides is 1. The van der Waals surface area contributed by atoms with E-state index < -0.39 is 0 Å². The molecule has 0 radical (unpaired) electrons. The first-order valence-corrected chi connectivity index (χ1v) is 8.77. The van der Waals surface area contributed by atoms with Crippen LogP contribution in [0.15, 0.2) is 59.8 Å². The van der Waals surface area contributed by atoms with Crippen molar-refractivity contribution in [3.05, 3.63) is 71.3 Å². The first kappa shape index (κ1) is 17.2. The van der Waals surface area contributed by atoms with Gasteiger partial charge in [0.25, 0.3) is 0 Å². The number of rotatable bonds is 6. The fourth-order valence-corrected chi connectivity index (χ4v) is 2.97. The van der Waals surface area contributed by atoms with Crippen molar-refractivity contribution in [2.24, 2.45) is 5.16 Å². The maximum absolute atomic E-state index is 12.3. The van der Waals surface area contributed by atoms with Crippen molar-refractivity contribution in [3.63, 3.8) is 0 Å². The van der Waals surface area contributed by atoms with E-state index >= 15 is 0 Å². The fraction of sp³-hybridized carbons (Fsp3) is 0.333. The van der Waals surface area contributed by atoms with Gasteiger partial charge in [0.05, 0.1) is 12.3 Å². The summed E-state index contributed by atoms with van der Waals surface area (Å²) in [6.45, 7) is 5.12. The summed E-state index contributed by atoms with van der Waals surface area (Å²) in [5.74, 6) is 0.135. The lowest BCUT2D eigenvalue weighted by Gasteiger charge is -2.24. The Morgan fingerprint density at radius 3 is 2.56 bits per heavy atom. The minimum atomic E-state index is -0.0875. The Morgan fingerprint density at radius 1 is 1.16 bits per heavy atom. The van der Waals surface area contributed by atoms with Crippen LogP contribution in [0.1, 0.15) is 36.5 Å². The molecule has 1 amide bonds. The molecule has 1 atom stereocenters. The van der Waals surface area contributed by atoms with Gasteiger partial charge in [-0.15, -0.1) is 0 Å². The molecular formula is C21H24N2O2. The quantitative estimate of drug-likeness (QED) is 0.802. The van der Waals surface area contributed by atoms with Crippen LogP contribution in [-0.2, 0) is 16.2 Å². The highest BCUT2D eigenvalue weighted by Crippen LogP contribution is 2.19.